The third-order valence-corrected chi connectivity index (χ3v) is 4.94. The average Bonchev–Trinajstić information content (AvgIpc) is 3.15. The molecule has 0 saturated heterocycles. The monoisotopic (exact) mass is 343 g/mol. The van der Waals surface area contributed by atoms with Crippen molar-refractivity contribution < 1.29 is 22.4 Å². The zero-order chi connectivity index (χ0) is 16.8. The summed E-state index contributed by atoms with van der Waals surface area (Å²) in [4.78, 5) is 14.3. The lowest BCUT2D eigenvalue weighted by atomic mass is 10.1. The molecule has 0 radical (unpaired) electrons. The number of carbonyl (C=O) groups excluding carboxylic acids is 1. The van der Waals surface area contributed by atoms with Crippen molar-refractivity contribution in [3.05, 3.63) is 51.5 Å². The fraction of sp³-hybridized carbons (Fsp3) is 0.312. The van der Waals surface area contributed by atoms with Crippen LogP contribution >= 0.6 is 11.3 Å². The number of amides is 1. The second-order valence-electron chi connectivity index (χ2n) is 5.58. The molecule has 1 aliphatic carbocycles. The molecule has 0 aliphatic heterocycles. The number of rotatable bonds is 3. The highest BCUT2D eigenvalue weighted by Crippen LogP contribution is 2.50. The number of alkyl halides is 3. The van der Waals surface area contributed by atoms with E-state index in [1.165, 1.54) is 0 Å². The topological polar surface area (TPSA) is 29.1 Å². The van der Waals surface area contributed by atoms with Crippen molar-refractivity contribution in [2.75, 3.05) is 5.32 Å². The van der Waals surface area contributed by atoms with Crippen LogP contribution in [0, 0.1) is 18.7 Å². The van der Waals surface area contributed by atoms with Gasteiger partial charge < -0.3 is 5.32 Å². The summed E-state index contributed by atoms with van der Waals surface area (Å²) < 4.78 is 51.6. The molecular formula is C16H13F4NOS. The standard InChI is InChI=1S/C16H13F4NOS/c1-8-2-5-14(23-8)10-7-11(10)15(22)21-13-6-9(16(18,19)20)3-4-12(13)17/h2-6,10-11H,7H2,1H3,(H,21,22). The smallest absolute Gasteiger partial charge is 0.323 e. The Labute approximate surface area is 134 Å². The minimum atomic E-state index is -4.58. The van der Waals surface area contributed by atoms with Crippen molar-refractivity contribution >= 4 is 22.9 Å². The van der Waals surface area contributed by atoms with Crippen LogP contribution in [0.5, 0.6) is 0 Å². The largest absolute Gasteiger partial charge is 0.416 e. The minimum Gasteiger partial charge on any atom is -0.323 e. The van der Waals surface area contributed by atoms with Gasteiger partial charge in [0.15, 0.2) is 0 Å². The maximum Gasteiger partial charge on any atom is 0.416 e. The average molecular weight is 343 g/mol. The second-order valence-corrected chi connectivity index (χ2v) is 6.90. The number of hydrogen-bond acceptors (Lipinski definition) is 2. The van der Waals surface area contributed by atoms with E-state index in [0.29, 0.717) is 24.6 Å². The lowest BCUT2D eigenvalue weighted by molar-refractivity contribution is -0.137. The van der Waals surface area contributed by atoms with Crippen LogP contribution in [0.2, 0.25) is 0 Å². The summed E-state index contributed by atoms with van der Waals surface area (Å²) in [6, 6.07) is 5.90. The molecule has 1 aliphatic rings. The molecule has 1 aromatic heterocycles. The Bertz CT molecular complexity index is 753. The van der Waals surface area contributed by atoms with Gasteiger partial charge in [-0.05, 0) is 43.7 Å². The van der Waals surface area contributed by atoms with Crippen molar-refractivity contribution in [3.63, 3.8) is 0 Å². The maximum atomic E-state index is 13.6. The van der Waals surface area contributed by atoms with Crippen LogP contribution in [-0.4, -0.2) is 5.91 Å². The lowest BCUT2D eigenvalue weighted by Gasteiger charge is -2.11. The van der Waals surface area contributed by atoms with E-state index in [2.05, 4.69) is 5.32 Å². The molecule has 122 valence electrons. The third kappa shape index (κ3) is 3.39. The first kappa shape index (κ1) is 16.0. The first-order chi connectivity index (χ1) is 10.8. The first-order valence-electron chi connectivity index (χ1n) is 6.99. The summed E-state index contributed by atoms with van der Waals surface area (Å²) in [6.45, 7) is 1.96. The van der Waals surface area contributed by atoms with Gasteiger partial charge in [0.25, 0.3) is 0 Å². The summed E-state index contributed by atoms with van der Waals surface area (Å²) in [7, 11) is 0. The molecule has 1 heterocycles. The highest BCUT2D eigenvalue weighted by molar-refractivity contribution is 7.12. The predicted molar refractivity (Wildman–Crippen MR) is 79.9 cm³/mol. The van der Waals surface area contributed by atoms with Gasteiger partial charge in [-0.25, -0.2) is 4.39 Å². The molecule has 0 spiro atoms. The van der Waals surface area contributed by atoms with E-state index in [4.69, 9.17) is 0 Å². The number of nitrogens with one attached hydrogen (secondary N) is 1. The molecule has 1 amide bonds. The van der Waals surface area contributed by atoms with Crippen molar-refractivity contribution in [1.29, 1.82) is 0 Å². The number of benzene rings is 1. The van der Waals surface area contributed by atoms with E-state index in [1.807, 2.05) is 19.1 Å². The quantitative estimate of drug-likeness (QED) is 0.785. The van der Waals surface area contributed by atoms with Crippen molar-refractivity contribution in [3.8, 4) is 0 Å². The van der Waals surface area contributed by atoms with E-state index in [9.17, 15) is 22.4 Å². The predicted octanol–water partition coefficient (Wildman–Crippen LogP) is 4.96. The molecule has 1 N–H and O–H groups in total. The molecule has 7 heteroatoms. The Morgan fingerprint density at radius 3 is 2.61 bits per heavy atom. The molecule has 1 saturated carbocycles. The molecule has 2 unspecified atom stereocenters. The van der Waals surface area contributed by atoms with E-state index >= 15 is 0 Å². The Hall–Kier alpha value is -1.89. The highest BCUT2D eigenvalue weighted by Gasteiger charge is 2.45. The van der Waals surface area contributed by atoms with Gasteiger partial charge in [-0.2, -0.15) is 13.2 Å². The second kappa shape index (κ2) is 5.63. The number of halogens is 4. The summed E-state index contributed by atoms with van der Waals surface area (Å²) in [5.74, 6) is -1.57. The van der Waals surface area contributed by atoms with Crippen LogP contribution in [0.3, 0.4) is 0 Å². The minimum absolute atomic E-state index is 0.0718. The van der Waals surface area contributed by atoms with Gasteiger partial charge >= 0.3 is 6.18 Å². The summed E-state index contributed by atoms with van der Waals surface area (Å²) >= 11 is 1.59. The molecular weight excluding hydrogens is 330 g/mol. The van der Waals surface area contributed by atoms with Crippen LogP contribution in [0.4, 0.5) is 23.2 Å². The lowest BCUT2D eigenvalue weighted by Crippen LogP contribution is -2.16. The van der Waals surface area contributed by atoms with Gasteiger partial charge in [0.1, 0.15) is 5.82 Å². The molecule has 2 aromatic rings. The Morgan fingerprint density at radius 1 is 1.26 bits per heavy atom. The van der Waals surface area contributed by atoms with E-state index in [-0.39, 0.29) is 11.8 Å². The number of thiophene rings is 1. The van der Waals surface area contributed by atoms with Crippen LogP contribution in [0.1, 0.15) is 27.7 Å². The maximum absolute atomic E-state index is 13.6. The first-order valence-corrected chi connectivity index (χ1v) is 7.81. The van der Waals surface area contributed by atoms with Gasteiger partial charge in [0.2, 0.25) is 5.91 Å². The van der Waals surface area contributed by atoms with Crippen LogP contribution in [-0.2, 0) is 11.0 Å². The molecule has 2 atom stereocenters. The fourth-order valence-corrected chi connectivity index (χ4v) is 3.53. The van der Waals surface area contributed by atoms with Gasteiger partial charge in [-0.1, -0.05) is 0 Å². The van der Waals surface area contributed by atoms with Gasteiger partial charge in [0, 0.05) is 21.6 Å². The number of anilines is 1. The summed E-state index contributed by atoms with van der Waals surface area (Å²) in [5.41, 5.74) is -1.42. The van der Waals surface area contributed by atoms with Gasteiger partial charge in [0.05, 0.1) is 11.3 Å². The molecule has 3 rings (SSSR count). The Morgan fingerprint density at radius 2 is 2.00 bits per heavy atom. The van der Waals surface area contributed by atoms with Crippen LogP contribution in [0.15, 0.2) is 30.3 Å². The number of carbonyl (C=O) groups is 1. The Kier molecular flexibility index (Phi) is 3.91. The number of aryl methyl sites for hydroxylation is 1. The highest BCUT2D eigenvalue weighted by atomic mass is 32.1. The van der Waals surface area contributed by atoms with Gasteiger partial charge in [-0.3, -0.25) is 4.79 Å². The molecule has 2 nitrogen and oxygen atoms in total. The van der Waals surface area contributed by atoms with E-state index in [1.54, 1.807) is 11.3 Å². The molecule has 1 aromatic carbocycles. The van der Waals surface area contributed by atoms with Crippen LogP contribution < -0.4 is 5.32 Å². The van der Waals surface area contributed by atoms with Crippen molar-refractivity contribution in [2.24, 2.45) is 5.92 Å². The van der Waals surface area contributed by atoms with Crippen molar-refractivity contribution in [2.45, 2.75) is 25.4 Å². The summed E-state index contributed by atoms with van der Waals surface area (Å²) in [6.07, 6.45) is -3.95. The molecule has 1 fully saturated rings. The zero-order valence-corrected chi connectivity index (χ0v) is 12.9. The normalized spacial score (nSPS) is 20.4. The van der Waals surface area contributed by atoms with Gasteiger partial charge in [-0.15, -0.1) is 11.3 Å². The van der Waals surface area contributed by atoms with Crippen molar-refractivity contribution in [1.82, 2.24) is 0 Å². The SMILES string of the molecule is Cc1ccc(C2CC2C(=O)Nc2cc(C(F)(F)F)ccc2F)s1. The van der Waals surface area contributed by atoms with E-state index < -0.39 is 29.2 Å². The number of hydrogen-bond donors (Lipinski definition) is 1. The molecule has 23 heavy (non-hydrogen) atoms. The van der Waals surface area contributed by atoms with Crippen LogP contribution in [0.25, 0.3) is 0 Å². The zero-order valence-electron chi connectivity index (χ0n) is 12.1. The summed E-state index contributed by atoms with van der Waals surface area (Å²) in [5, 5.41) is 2.28. The Balaban J connectivity index is 1.72. The van der Waals surface area contributed by atoms with E-state index in [0.717, 1.165) is 9.75 Å². The fourth-order valence-electron chi connectivity index (χ4n) is 2.47. The molecule has 0 bridgehead atoms. The third-order valence-electron chi connectivity index (χ3n) is 3.81.